The van der Waals surface area contributed by atoms with E-state index in [4.69, 9.17) is 4.74 Å². The lowest BCUT2D eigenvalue weighted by atomic mass is 9.81. The van der Waals surface area contributed by atoms with Crippen molar-refractivity contribution in [2.45, 2.75) is 24.1 Å². The SMILES string of the molecule is O=C1c2ccccc2OC/C=C\CC2(CCNC2)C(=O)N[C@@H]2CS(=O)(=O)[C@H]3CN1C[C@@H]23. The Morgan fingerprint density at radius 1 is 1.13 bits per heavy atom. The van der Waals surface area contributed by atoms with Crippen molar-refractivity contribution in [2.24, 2.45) is 11.3 Å². The maximum atomic E-state index is 13.3. The molecule has 2 N–H and O–H groups in total. The molecule has 8 nitrogen and oxygen atoms in total. The topological polar surface area (TPSA) is 105 Å². The number of rotatable bonds is 0. The van der Waals surface area contributed by atoms with E-state index in [0.717, 1.165) is 6.54 Å². The zero-order valence-corrected chi connectivity index (χ0v) is 18.1. The molecule has 4 aliphatic rings. The molecule has 3 fully saturated rings. The van der Waals surface area contributed by atoms with Gasteiger partial charge in [-0.3, -0.25) is 9.59 Å². The van der Waals surface area contributed by atoms with E-state index in [1.54, 1.807) is 23.1 Å². The lowest BCUT2D eigenvalue weighted by Gasteiger charge is -2.29. The highest BCUT2D eigenvalue weighted by molar-refractivity contribution is 7.92. The highest BCUT2D eigenvalue weighted by atomic mass is 32.2. The van der Waals surface area contributed by atoms with Gasteiger partial charge in [-0.15, -0.1) is 0 Å². The number of nitrogens with zero attached hydrogens (tertiary/aromatic N) is 1. The van der Waals surface area contributed by atoms with Gasteiger partial charge in [-0.25, -0.2) is 8.42 Å². The maximum absolute atomic E-state index is 13.3. The standard InChI is InChI=1S/C22H27N3O5S/c26-20-15-5-1-2-6-18(15)30-10-4-3-7-22(8-9-23-14-22)21(27)24-17-13-31(28,29)19-12-25(20)11-16(17)19/h1-6,16-17,19,23H,7-14H2,(H,24,27)/b4-3-/t16-,17+,19-,22?/m0/s1. The molecule has 0 aromatic heterocycles. The average molecular weight is 446 g/mol. The van der Waals surface area contributed by atoms with E-state index in [0.29, 0.717) is 37.2 Å². The summed E-state index contributed by atoms with van der Waals surface area (Å²) in [7, 11) is -3.40. The highest BCUT2D eigenvalue weighted by Gasteiger charge is 2.54. The summed E-state index contributed by atoms with van der Waals surface area (Å²) >= 11 is 0. The Labute approximate surface area is 181 Å². The van der Waals surface area contributed by atoms with Gasteiger partial charge >= 0.3 is 0 Å². The lowest BCUT2D eigenvalue weighted by molar-refractivity contribution is -0.130. The number of benzene rings is 1. The van der Waals surface area contributed by atoms with Gasteiger partial charge in [-0.2, -0.15) is 0 Å². The molecule has 31 heavy (non-hydrogen) atoms. The van der Waals surface area contributed by atoms with Crippen molar-refractivity contribution in [2.75, 3.05) is 38.5 Å². The number of nitrogens with one attached hydrogen (secondary N) is 2. The minimum absolute atomic E-state index is 0.0604. The lowest BCUT2D eigenvalue weighted by Crippen LogP contribution is -2.50. The van der Waals surface area contributed by atoms with Gasteiger partial charge in [0, 0.05) is 31.6 Å². The first-order chi connectivity index (χ1) is 14.9. The van der Waals surface area contributed by atoms with Crippen molar-refractivity contribution in [3.05, 3.63) is 42.0 Å². The van der Waals surface area contributed by atoms with Crippen LogP contribution in [0.5, 0.6) is 5.75 Å². The van der Waals surface area contributed by atoms with Crippen molar-refractivity contribution in [3.8, 4) is 5.75 Å². The second kappa shape index (κ2) is 7.63. The number of sulfone groups is 1. The quantitative estimate of drug-likeness (QED) is 0.559. The van der Waals surface area contributed by atoms with Crippen LogP contribution >= 0.6 is 0 Å². The van der Waals surface area contributed by atoms with Gasteiger partial charge < -0.3 is 20.3 Å². The van der Waals surface area contributed by atoms with Gasteiger partial charge in [0.15, 0.2) is 9.84 Å². The monoisotopic (exact) mass is 445 g/mol. The normalized spacial score (nSPS) is 35.7. The molecule has 0 aliphatic carbocycles. The van der Waals surface area contributed by atoms with Crippen LogP contribution in [-0.4, -0.2) is 75.0 Å². The minimum Gasteiger partial charge on any atom is -0.489 e. The first-order valence-electron chi connectivity index (χ1n) is 10.8. The molecule has 1 aromatic carbocycles. The number of hydrogen-bond acceptors (Lipinski definition) is 6. The maximum Gasteiger partial charge on any atom is 0.257 e. The molecular formula is C22H27N3O5S. The van der Waals surface area contributed by atoms with E-state index >= 15 is 0 Å². The van der Waals surface area contributed by atoms with Gasteiger partial charge in [0.2, 0.25) is 5.91 Å². The molecule has 4 atom stereocenters. The number of allylic oxidation sites excluding steroid dienone is 1. The van der Waals surface area contributed by atoms with Crippen molar-refractivity contribution < 1.29 is 22.7 Å². The third kappa shape index (κ3) is 3.53. The minimum atomic E-state index is -3.40. The van der Waals surface area contributed by atoms with Gasteiger partial charge in [-0.1, -0.05) is 24.3 Å². The van der Waals surface area contributed by atoms with E-state index in [-0.39, 0.29) is 36.6 Å². The first kappa shape index (κ1) is 20.5. The molecular weight excluding hydrogens is 418 g/mol. The summed E-state index contributed by atoms with van der Waals surface area (Å²) in [4.78, 5) is 28.1. The average Bonchev–Trinajstić information content (AvgIpc) is 3.45. The van der Waals surface area contributed by atoms with E-state index in [9.17, 15) is 18.0 Å². The molecule has 3 saturated heterocycles. The van der Waals surface area contributed by atoms with E-state index in [2.05, 4.69) is 10.6 Å². The molecule has 1 unspecified atom stereocenters. The zero-order valence-electron chi connectivity index (χ0n) is 17.2. The van der Waals surface area contributed by atoms with Crippen molar-refractivity contribution in [1.82, 2.24) is 15.5 Å². The molecule has 166 valence electrons. The summed E-state index contributed by atoms with van der Waals surface area (Å²) in [5, 5.41) is 5.70. The number of carbonyl (C=O) groups excluding carboxylic acids is 2. The van der Waals surface area contributed by atoms with Gasteiger partial charge in [-0.05, 0) is 31.5 Å². The number of hydrogen-bond donors (Lipinski definition) is 2. The van der Waals surface area contributed by atoms with Crippen LogP contribution in [0.4, 0.5) is 0 Å². The molecule has 2 amide bonds. The van der Waals surface area contributed by atoms with Crippen LogP contribution in [0.25, 0.3) is 0 Å². The van der Waals surface area contributed by atoms with Crippen LogP contribution in [0.1, 0.15) is 23.2 Å². The van der Waals surface area contributed by atoms with Crippen LogP contribution in [0.2, 0.25) is 0 Å². The molecule has 1 aromatic rings. The fourth-order valence-corrected chi connectivity index (χ4v) is 7.65. The van der Waals surface area contributed by atoms with Crippen LogP contribution in [-0.2, 0) is 14.6 Å². The highest BCUT2D eigenvalue weighted by Crippen LogP contribution is 2.37. The first-order valence-corrected chi connectivity index (χ1v) is 12.5. The predicted molar refractivity (Wildman–Crippen MR) is 115 cm³/mol. The summed E-state index contributed by atoms with van der Waals surface area (Å²) in [5.74, 6) is -0.213. The summed E-state index contributed by atoms with van der Waals surface area (Å²) in [6.45, 7) is 2.07. The molecule has 0 saturated carbocycles. The number of amides is 2. The molecule has 2 bridgehead atoms. The van der Waals surface area contributed by atoms with Crippen LogP contribution < -0.4 is 15.4 Å². The number of carbonyl (C=O) groups is 2. The van der Waals surface area contributed by atoms with Crippen LogP contribution in [0, 0.1) is 11.3 Å². The second-order valence-corrected chi connectivity index (χ2v) is 11.3. The molecule has 0 radical (unpaired) electrons. The van der Waals surface area contributed by atoms with E-state index in [1.165, 1.54) is 0 Å². The van der Waals surface area contributed by atoms with Crippen LogP contribution in [0.15, 0.2) is 36.4 Å². The fourth-order valence-electron chi connectivity index (χ4n) is 5.36. The van der Waals surface area contributed by atoms with Gasteiger partial charge in [0.25, 0.3) is 5.91 Å². The molecule has 4 aliphatic heterocycles. The summed E-state index contributed by atoms with van der Waals surface area (Å²) < 4.78 is 31.6. The Bertz CT molecular complexity index is 1030. The number of para-hydroxylation sites is 1. The molecule has 4 heterocycles. The van der Waals surface area contributed by atoms with Gasteiger partial charge in [0.1, 0.15) is 12.4 Å². The summed E-state index contributed by atoms with van der Waals surface area (Å²) in [6.07, 6.45) is 5.07. The summed E-state index contributed by atoms with van der Waals surface area (Å²) in [5.41, 5.74) is -0.162. The zero-order chi connectivity index (χ0) is 21.6. The third-order valence-electron chi connectivity index (χ3n) is 7.16. The second-order valence-electron chi connectivity index (χ2n) is 9.01. The number of ether oxygens (including phenoxy) is 1. The summed E-state index contributed by atoms with van der Waals surface area (Å²) in [6, 6.07) is 6.57. The Hall–Kier alpha value is -2.39. The van der Waals surface area contributed by atoms with Crippen molar-refractivity contribution in [3.63, 3.8) is 0 Å². The predicted octanol–water partition coefficient (Wildman–Crippen LogP) is 0.359. The smallest absolute Gasteiger partial charge is 0.257 e. The Balaban J connectivity index is 1.52. The molecule has 5 rings (SSSR count). The van der Waals surface area contributed by atoms with Crippen molar-refractivity contribution >= 4 is 21.7 Å². The molecule has 9 heteroatoms. The van der Waals surface area contributed by atoms with Crippen molar-refractivity contribution in [1.29, 1.82) is 0 Å². The Morgan fingerprint density at radius 2 is 1.97 bits per heavy atom. The Kier molecular flexibility index (Phi) is 5.05. The Morgan fingerprint density at radius 3 is 2.77 bits per heavy atom. The third-order valence-corrected chi connectivity index (χ3v) is 9.40. The number of fused-ring (bicyclic) bond motifs is 2. The largest absolute Gasteiger partial charge is 0.489 e. The van der Waals surface area contributed by atoms with E-state index in [1.807, 2.05) is 18.2 Å². The van der Waals surface area contributed by atoms with Gasteiger partial charge in [0.05, 0.1) is 22.0 Å². The fraction of sp³-hybridized carbons (Fsp3) is 0.545. The van der Waals surface area contributed by atoms with E-state index < -0.39 is 26.5 Å². The molecule has 1 spiro atoms. The van der Waals surface area contributed by atoms with Crippen LogP contribution in [0.3, 0.4) is 0 Å².